The zero-order valence-corrected chi connectivity index (χ0v) is 11.8. The summed E-state index contributed by atoms with van der Waals surface area (Å²) in [6.45, 7) is 7.14. The first-order valence-corrected chi connectivity index (χ1v) is 6.75. The van der Waals surface area contributed by atoms with Crippen LogP contribution in [0.2, 0.25) is 0 Å². The Morgan fingerprint density at radius 2 is 2.12 bits per heavy atom. The molecule has 16 heavy (non-hydrogen) atoms. The molecule has 0 aliphatic rings. The lowest BCUT2D eigenvalue weighted by atomic mass is 10.0. The molecule has 0 N–H and O–H groups in total. The summed E-state index contributed by atoms with van der Waals surface area (Å²) in [4.78, 5) is 4.76. The average Bonchev–Trinajstić information content (AvgIpc) is 2.26. The van der Waals surface area contributed by atoms with Crippen molar-refractivity contribution in [3.63, 3.8) is 0 Å². The zero-order chi connectivity index (χ0) is 12.0. The van der Waals surface area contributed by atoms with Gasteiger partial charge in [-0.3, -0.25) is 4.98 Å². The van der Waals surface area contributed by atoms with Gasteiger partial charge in [-0.2, -0.15) is 0 Å². The highest BCUT2D eigenvalue weighted by atomic mass is 79.9. The van der Waals surface area contributed by atoms with Gasteiger partial charge in [0.25, 0.3) is 0 Å². The average molecular weight is 286 g/mol. The molecular weight excluding hydrogens is 266 g/mol. The summed E-state index contributed by atoms with van der Waals surface area (Å²) < 4.78 is 5.43. The Bertz CT molecular complexity index is 315. The molecule has 0 aliphatic heterocycles. The van der Waals surface area contributed by atoms with Crippen LogP contribution in [-0.4, -0.2) is 16.4 Å². The lowest BCUT2D eigenvalue weighted by molar-refractivity contribution is 0.338. The predicted octanol–water partition coefficient (Wildman–Crippen LogP) is 3.83. The van der Waals surface area contributed by atoms with Gasteiger partial charge in [-0.05, 0) is 37.3 Å². The molecule has 1 aromatic heterocycles. The molecule has 1 heterocycles. The van der Waals surface area contributed by atoms with Gasteiger partial charge in [0.05, 0.1) is 12.8 Å². The van der Waals surface area contributed by atoms with Gasteiger partial charge >= 0.3 is 0 Å². The number of alkyl halides is 1. The molecule has 1 unspecified atom stereocenters. The number of pyridine rings is 1. The number of aryl methyl sites for hydroxylation is 1. The Kier molecular flexibility index (Phi) is 5.81. The summed E-state index contributed by atoms with van der Waals surface area (Å²) in [6.07, 6.45) is 5.86. The van der Waals surface area contributed by atoms with Crippen LogP contribution in [0.15, 0.2) is 18.5 Å². The Morgan fingerprint density at radius 3 is 2.75 bits per heavy atom. The minimum absolute atomic E-state index is 0.572. The summed E-state index contributed by atoms with van der Waals surface area (Å²) in [5, 5.41) is 0. The lowest BCUT2D eigenvalue weighted by Crippen LogP contribution is -2.08. The van der Waals surface area contributed by atoms with Crippen LogP contribution < -0.4 is 4.74 Å². The molecule has 0 saturated carbocycles. The van der Waals surface area contributed by atoms with Crippen LogP contribution in [0.25, 0.3) is 0 Å². The molecule has 2 nitrogen and oxygen atoms in total. The third kappa shape index (κ3) is 4.52. The molecule has 3 heteroatoms. The molecule has 0 bridgehead atoms. The van der Waals surface area contributed by atoms with E-state index in [2.05, 4.69) is 40.8 Å². The molecule has 0 fully saturated rings. The zero-order valence-electron chi connectivity index (χ0n) is 10.2. The minimum atomic E-state index is 0.572. The number of rotatable bonds is 6. The molecule has 0 aliphatic carbocycles. The second kappa shape index (κ2) is 6.89. The van der Waals surface area contributed by atoms with E-state index in [0.717, 1.165) is 18.6 Å². The molecule has 1 aromatic rings. The molecule has 90 valence electrons. The van der Waals surface area contributed by atoms with Crippen molar-refractivity contribution in [3.05, 3.63) is 24.0 Å². The number of hydrogen-bond acceptors (Lipinski definition) is 2. The molecule has 0 saturated heterocycles. The smallest absolute Gasteiger partial charge is 0.137 e. The highest BCUT2D eigenvalue weighted by Crippen LogP contribution is 2.19. The predicted molar refractivity (Wildman–Crippen MR) is 71.3 cm³/mol. The van der Waals surface area contributed by atoms with Crippen molar-refractivity contribution >= 4 is 15.9 Å². The second-order valence-corrected chi connectivity index (χ2v) is 5.44. The van der Waals surface area contributed by atoms with E-state index in [9.17, 15) is 0 Å². The fraction of sp³-hybridized carbons (Fsp3) is 0.615. The number of nitrogens with zero attached hydrogens (tertiary/aromatic N) is 1. The van der Waals surface area contributed by atoms with Crippen molar-refractivity contribution in [2.24, 2.45) is 5.92 Å². The lowest BCUT2D eigenvalue weighted by Gasteiger charge is -2.13. The van der Waals surface area contributed by atoms with E-state index in [1.165, 1.54) is 5.56 Å². The number of halogens is 1. The minimum Gasteiger partial charge on any atom is -0.492 e. The summed E-state index contributed by atoms with van der Waals surface area (Å²) in [5.41, 5.74) is 1.25. The first-order valence-electron chi connectivity index (χ1n) is 5.84. The summed E-state index contributed by atoms with van der Waals surface area (Å²) in [5.74, 6) is 1.54. The van der Waals surface area contributed by atoms with Crippen LogP contribution in [-0.2, 0) is 6.42 Å². The maximum absolute atomic E-state index is 5.43. The van der Waals surface area contributed by atoms with Gasteiger partial charge in [0.15, 0.2) is 0 Å². The van der Waals surface area contributed by atoms with Gasteiger partial charge in [0.1, 0.15) is 5.75 Å². The van der Waals surface area contributed by atoms with Crippen LogP contribution in [0.4, 0.5) is 0 Å². The molecular formula is C13H20BrNO. The molecule has 0 radical (unpaired) electrons. The van der Waals surface area contributed by atoms with Gasteiger partial charge in [0.2, 0.25) is 0 Å². The maximum Gasteiger partial charge on any atom is 0.137 e. The van der Waals surface area contributed by atoms with E-state index in [-0.39, 0.29) is 0 Å². The summed E-state index contributed by atoms with van der Waals surface area (Å²) in [6, 6.07) is 2.08. The van der Waals surface area contributed by atoms with Crippen LogP contribution in [0.3, 0.4) is 0 Å². The van der Waals surface area contributed by atoms with Crippen molar-refractivity contribution in [2.75, 3.05) is 6.61 Å². The van der Waals surface area contributed by atoms with Crippen LogP contribution >= 0.6 is 15.9 Å². The standard InChI is InChI=1S/C13H20BrNO/c1-4-16-12-7-11(8-15-9-12)5-6-13(14)10(2)3/h7-10,13H,4-6H2,1-3H3. The largest absolute Gasteiger partial charge is 0.492 e. The topological polar surface area (TPSA) is 22.1 Å². The van der Waals surface area contributed by atoms with E-state index in [1.54, 1.807) is 6.20 Å². The van der Waals surface area contributed by atoms with Crippen molar-refractivity contribution in [2.45, 2.75) is 38.4 Å². The number of ether oxygens (including phenoxy) is 1. The van der Waals surface area contributed by atoms with Crippen molar-refractivity contribution < 1.29 is 4.74 Å². The second-order valence-electron chi connectivity index (χ2n) is 4.26. The van der Waals surface area contributed by atoms with E-state index in [1.807, 2.05) is 13.1 Å². The Hall–Kier alpha value is -0.570. The monoisotopic (exact) mass is 285 g/mol. The Morgan fingerprint density at radius 1 is 1.38 bits per heavy atom. The molecule has 1 atom stereocenters. The first-order chi connectivity index (χ1) is 7.63. The Labute approximate surface area is 107 Å². The third-order valence-corrected chi connectivity index (χ3v) is 4.03. The molecule has 0 spiro atoms. The van der Waals surface area contributed by atoms with Gasteiger partial charge in [-0.15, -0.1) is 0 Å². The number of hydrogen-bond donors (Lipinski definition) is 0. The number of aromatic nitrogens is 1. The third-order valence-electron chi connectivity index (χ3n) is 2.51. The summed E-state index contributed by atoms with van der Waals surface area (Å²) in [7, 11) is 0. The maximum atomic E-state index is 5.43. The molecule has 0 aromatic carbocycles. The quantitative estimate of drug-likeness (QED) is 0.741. The van der Waals surface area contributed by atoms with Gasteiger partial charge < -0.3 is 4.74 Å². The van der Waals surface area contributed by atoms with Crippen LogP contribution in [0.1, 0.15) is 32.8 Å². The first kappa shape index (κ1) is 13.5. The van der Waals surface area contributed by atoms with Gasteiger partial charge in [-0.1, -0.05) is 29.8 Å². The fourth-order valence-electron chi connectivity index (χ4n) is 1.48. The normalized spacial score (nSPS) is 12.8. The van der Waals surface area contributed by atoms with E-state index in [0.29, 0.717) is 17.4 Å². The van der Waals surface area contributed by atoms with Crippen molar-refractivity contribution in [1.29, 1.82) is 0 Å². The van der Waals surface area contributed by atoms with Gasteiger partial charge in [0, 0.05) is 11.0 Å². The highest BCUT2D eigenvalue weighted by molar-refractivity contribution is 9.09. The SMILES string of the molecule is CCOc1cncc(CCC(Br)C(C)C)c1. The van der Waals surface area contributed by atoms with E-state index >= 15 is 0 Å². The van der Waals surface area contributed by atoms with Crippen LogP contribution in [0, 0.1) is 5.92 Å². The molecule has 0 amide bonds. The van der Waals surface area contributed by atoms with Crippen molar-refractivity contribution in [3.8, 4) is 5.75 Å². The van der Waals surface area contributed by atoms with E-state index < -0.39 is 0 Å². The van der Waals surface area contributed by atoms with Crippen molar-refractivity contribution in [1.82, 2.24) is 4.98 Å². The summed E-state index contributed by atoms with van der Waals surface area (Å²) >= 11 is 3.70. The highest BCUT2D eigenvalue weighted by Gasteiger charge is 2.09. The Balaban J connectivity index is 2.50. The molecule has 1 rings (SSSR count). The van der Waals surface area contributed by atoms with Gasteiger partial charge in [-0.25, -0.2) is 0 Å². The van der Waals surface area contributed by atoms with E-state index in [4.69, 9.17) is 4.74 Å². The van der Waals surface area contributed by atoms with Crippen LogP contribution in [0.5, 0.6) is 5.75 Å². The fourth-order valence-corrected chi connectivity index (χ4v) is 1.71.